The van der Waals surface area contributed by atoms with Crippen LogP contribution in [0.25, 0.3) is 10.9 Å². The van der Waals surface area contributed by atoms with E-state index in [1.54, 1.807) is 109 Å². The van der Waals surface area contributed by atoms with Crippen molar-refractivity contribution in [3.8, 4) is 5.75 Å². The number of hydrogen-bond donors (Lipinski definition) is 23. The summed E-state index contributed by atoms with van der Waals surface area (Å²) in [6.45, 7) is 24.3. The van der Waals surface area contributed by atoms with E-state index >= 15 is 24.0 Å². The molecule has 43 heteroatoms. The van der Waals surface area contributed by atoms with E-state index in [1.807, 2.05) is 39.8 Å². The second-order valence-electron chi connectivity index (χ2n) is 40.8. The molecule has 11 amide bonds. The van der Waals surface area contributed by atoms with Crippen LogP contribution in [0.5, 0.6) is 5.75 Å². The third-order valence-electron chi connectivity index (χ3n) is 26.3. The fourth-order valence-corrected chi connectivity index (χ4v) is 16.5. The Bertz CT molecular complexity index is 5220. The van der Waals surface area contributed by atoms with E-state index in [-0.39, 0.29) is 150 Å². The molecule has 1 aromatic heterocycles. The molecule has 2 heterocycles. The van der Waals surface area contributed by atoms with Crippen molar-refractivity contribution in [2.75, 3.05) is 39.3 Å². The van der Waals surface area contributed by atoms with Gasteiger partial charge in [0.25, 0.3) is 0 Å². The molecule has 0 fully saturated rings. The van der Waals surface area contributed by atoms with Crippen LogP contribution in [0.15, 0.2) is 97.2 Å². The van der Waals surface area contributed by atoms with E-state index in [2.05, 4.69) is 95.6 Å². The monoisotopic (exact) mass is 2080 g/mol. The standard InChI is InChI=1S/C106H162N20O23/c1-61(2)51-80(117-70(12)128)98(144)122-94(69(11)127)101(147)120-82(53-71-31-25-24-26-32-71)99(145)124-106(16)47-30-23-21-19-17-18-20-22-29-46-105(15,91(137)60-113-65(7)86(132)45-49-110-63(5)84(130)43-48-109-64(6)85(131)44-50-111-67(9)89(135)59-115-104(13,14)102(148)116-68(10)95(108)141)123-100(146)83(52-62(3)4)126-125-77(39-41-92(107)138)90(136)58-112-66(8)87(133)56-88(134)79(55-73-57-114-76-34-28-27-33-75(73)76)118-97(143)81(54-72-35-37-74(129)38-36-72)119-96(142)78(121-103(106)149)40-42-93(139)140/h18,20,24-28,31-38,57,61-69,77-83,94,109-115,125-127,129H,17,19,21-23,29-30,39-56,58-60H2,1-16H3,(H2,107,138)(H2,108,141)(H,116,148)(H,117,128)(H,118,143)(H,119,142)(H,120,147)(H,121,149)(H,122,144)(H,123,146)(H,124,145)(H,139,140)/b20-18+/t63-,64-,65-,66-,67-,68+,69+,77-,78-,79-,80-,81-,82-,83-,94-,105-,106+/m0/s1. The first-order valence-electron chi connectivity index (χ1n) is 51.5. The molecule has 43 nitrogen and oxygen atoms in total. The first kappa shape index (κ1) is 127. The number of aromatic hydroxyl groups is 1. The topological polar surface area (TPSA) is 674 Å². The summed E-state index contributed by atoms with van der Waals surface area (Å²) in [6.07, 6.45) is 3.31. The van der Waals surface area contributed by atoms with Gasteiger partial charge in [0.15, 0.2) is 46.3 Å². The number of hydrogen-bond acceptors (Lipinski definition) is 30. The Morgan fingerprint density at radius 1 is 0.523 bits per heavy atom. The number of amides is 11. The Labute approximate surface area is 872 Å². The number of carboxylic acids is 1. The summed E-state index contributed by atoms with van der Waals surface area (Å²) < 4.78 is 0. The van der Waals surface area contributed by atoms with Crippen molar-refractivity contribution < 1.29 is 111 Å². The van der Waals surface area contributed by atoms with E-state index in [0.717, 1.165) is 0 Å². The van der Waals surface area contributed by atoms with Gasteiger partial charge in [-0.2, -0.15) is 0 Å². The zero-order chi connectivity index (χ0) is 111. The molecule has 0 radical (unpaired) electrons. The van der Waals surface area contributed by atoms with Gasteiger partial charge in [0.05, 0.1) is 85.5 Å². The van der Waals surface area contributed by atoms with Gasteiger partial charge in [0, 0.05) is 95.0 Å². The average Bonchev–Trinajstić information content (AvgIpc) is 1.42. The van der Waals surface area contributed by atoms with Crippen LogP contribution in [0.1, 0.15) is 249 Å². The van der Waals surface area contributed by atoms with Crippen LogP contribution in [0.4, 0.5) is 0 Å². The molecule has 25 N–H and O–H groups in total. The van der Waals surface area contributed by atoms with Crippen LogP contribution >= 0.6 is 0 Å². The number of carbonyl (C=O) groups is 20. The maximum absolute atomic E-state index is 15.6. The number of phenolic OH excluding ortho intramolecular Hbond substituents is 1. The lowest BCUT2D eigenvalue weighted by Gasteiger charge is -2.34. The van der Waals surface area contributed by atoms with E-state index in [1.165, 1.54) is 58.9 Å². The van der Waals surface area contributed by atoms with Gasteiger partial charge in [-0.15, -0.1) is 0 Å². The second-order valence-corrected chi connectivity index (χ2v) is 40.8. The molecule has 149 heavy (non-hydrogen) atoms. The number of phenols is 1. The number of aliphatic carboxylic acids is 1. The minimum atomic E-state index is -2.06. The number of carbonyl (C=O) groups excluding carboxylic acids is 19. The van der Waals surface area contributed by atoms with Gasteiger partial charge in [0.1, 0.15) is 53.6 Å². The number of benzene rings is 3. The zero-order valence-corrected chi connectivity index (χ0v) is 89.0. The number of nitrogens with two attached hydrogens (primary N) is 2. The molecule has 1 aliphatic heterocycles. The molecule has 0 unspecified atom stereocenters. The first-order chi connectivity index (χ1) is 70.1. The number of aliphatic hydroxyl groups is 1. The SMILES string of the molecule is CC(=O)N[C@@H](CC(C)C)C(=O)N[C@H](C(=O)N[C@@H](Cc1ccccc1)C(=O)N[C@]1(C)CCCCCC/C=C/CCC[C@@](C)(C(=O)CN[C@@H](C)C(=O)CCN[C@@H](C)C(=O)CCN[C@@H](C)C(=O)CCN[C@@H](C)C(=O)CNC(C)(C)C(=O)N[C@H](C)C(N)=O)NC(=O)[C@H](CC(C)C)NN[C@@H](CCC(N)=O)C(=O)CN[C@@H](C)C(=O)CC(=O)[C@H](Cc2c[nH]c3ccccc23)NC(=O)[C@H](Cc2ccc(O)cc2)NC(=O)[C@H](CCC(=O)O)NC1=O)[C@@H](C)O. The Kier molecular flexibility index (Phi) is 54.0. The summed E-state index contributed by atoms with van der Waals surface area (Å²) in [4.78, 5) is 282. The summed E-state index contributed by atoms with van der Waals surface area (Å²) >= 11 is 0. The summed E-state index contributed by atoms with van der Waals surface area (Å²) in [5.74, 6) is -14.8. The number of fused-ring (bicyclic) bond motifs is 1. The lowest BCUT2D eigenvalue weighted by Crippen LogP contribution is -2.65. The Hall–Kier alpha value is -12.6. The van der Waals surface area contributed by atoms with Crippen molar-refractivity contribution in [3.05, 3.63) is 114 Å². The summed E-state index contributed by atoms with van der Waals surface area (Å²) in [7, 11) is 0. The third kappa shape index (κ3) is 45.4. The van der Waals surface area contributed by atoms with Crippen LogP contribution < -0.4 is 102 Å². The van der Waals surface area contributed by atoms with E-state index in [0.29, 0.717) is 66.1 Å². The normalized spacial score (nSPS) is 21.5. The number of primary amides is 2. The lowest BCUT2D eigenvalue weighted by molar-refractivity contribution is -0.140. The van der Waals surface area contributed by atoms with Crippen molar-refractivity contribution in [2.24, 2.45) is 23.3 Å². The van der Waals surface area contributed by atoms with Crippen LogP contribution in [0.3, 0.4) is 0 Å². The Morgan fingerprint density at radius 3 is 1.67 bits per heavy atom. The molecule has 0 spiro atoms. The summed E-state index contributed by atoms with van der Waals surface area (Å²) in [6, 6.07) is 3.90. The Morgan fingerprint density at radius 2 is 1.09 bits per heavy atom. The number of Topliss-reactive ketones (excluding diaryl/α,β-unsaturated/α-hetero) is 8. The number of H-pyrrole nitrogens is 1. The molecule has 824 valence electrons. The maximum atomic E-state index is 15.6. The zero-order valence-electron chi connectivity index (χ0n) is 89.0. The highest BCUT2D eigenvalue weighted by molar-refractivity contribution is 6.06. The maximum Gasteiger partial charge on any atom is 0.303 e. The number of ketones is 8. The number of rotatable bonds is 50. The van der Waals surface area contributed by atoms with Gasteiger partial charge in [-0.25, -0.2) is 10.9 Å². The van der Waals surface area contributed by atoms with Crippen molar-refractivity contribution >= 4 is 128 Å². The van der Waals surface area contributed by atoms with E-state index in [9.17, 15) is 87.2 Å². The molecule has 0 bridgehead atoms. The molecule has 1 aliphatic rings. The molecule has 5 rings (SSSR count). The number of aliphatic hydroxyl groups excluding tert-OH is 1. The smallest absolute Gasteiger partial charge is 0.303 e. The minimum absolute atomic E-state index is 0.0347. The van der Waals surface area contributed by atoms with Gasteiger partial charge >= 0.3 is 5.97 Å². The fraction of sp³-hybridized carbons (Fsp3) is 0.604. The summed E-state index contributed by atoms with van der Waals surface area (Å²) in [5, 5.41) is 74.5. The predicted molar refractivity (Wildman–Crippen MR) is 559 cm³/mol. The van der Waals surface area contributed by atoms with Crippen molar-refractivity contribution in [1.82, 2.24) is 95.6 Å². The molecule has 0 aliphatic carbocycles. The molecule has 17 atom stereocenters. The van der Waals surface area contributed by atoms with Gasteiger partial charge in [-0.3, -0.25) is 101 Å². The van der Waals surface area contributed by atoms with Crippen molar-refractivity contribution in [3.63, 3.8) is 0 Å². The lowest BCUT2D eigenvalue weighted by atomic mass is 9.88. The molecule has 0 saturated carbocycles. The molecular weight excluding hydrogens is 1920 g/mol. The van der Waals surface area contributed by atoms with Gasteiger partial charge in [0.2, 0.25) is 65.0 Å². The number of para-hydroxylation sites is 1. The van der Waals surface area contributed by atoms with Crippen LogP contribution in [0.2, 0.25) is 0 Å². The molecular formula is C106H162N20O23. The number of allylic oxidation sites excluding steroid dienone is 2. The van der Waals surface area contributed by atoms with E-state index < -0.39 is 234 Å². The fourth-order valence-electron chi connectivity index (χ4n) is 16.5. The van der Waals surface area contributed by atoms with Crippen LogP contribution in [0, 0.1) is 11.8 Å². The second kappa shape index (κ2) is 63.4. The highest BCUT2D eigenvalue weighted by Gasteiger charge is 2.44. The van der Waals surface area contributed by atoms with Crippen LogP contribution in [-0.4, -0.2) is 284 Å². The van der Waals surface area contributed by atoms with Crippen molar-refractivity contribution in [1.29, 1.82) is 0 Å². The predicted octanol–water partition coefficient (Wildman–Crippen LogP) is 1.46. The molecule has 3 aromatic carbocycles. The van der Waals surface area contributed by atoms with Gasteiger partial charge in [-0.1, -0.05) is 120 Å². The highest BCUT2D eigenvalue weighted by atomic mass is 16.4. The number of aromatic nitrogens is 1. The number of hydrazine groups is 1. The first-order valence-corrected chi connectivity index (χ1v) is 51.5. The molecule has 0 saturated heterocycles. The Balaban J connectivity index is 1.46. The third-order valence-corrected chi connectivity index (χ3v) is 26.3. The quantitative estimate of drug-likeness (QED) is 0.0220. The summed E-state index contributed by atoms with van der Waals surface area (Å²) in [5.41, 5.74) is 13.9. The largest absolute Gasteiger partial charge is 0.508 e. The number of carboxylic acid groups (broad SMARTS) is 1. The number of aromatic amines is 1. The van der Waals surface area contributed by atoms with Gasteiger partial charge in [-0.05, 0) is 187 Å². The van der Waals surface area contributed by atoms with Crippen molar-refractivity contribution in [2.45, 2.75) is 359 Å². The minimum Gasteiger partial charge on any atom is -0.508 e. The van der Waals surface area contributed by atoms with Gasteiger partial charge < -0.3 is 106 Å². The average molecular weight is 2080 g/mol. The molecule has 4 aromatic rings. The van der Waals surface area contributed by atoms with E-state index in [4.69, 9.17) is 11.5 Å². The highest BCUT2D eigenvalue weighted by Crippen LogP contribution is 2.25. The van der Waals surface area contributed by atoms with Crippen LogP contribution in [-0.2, 0) is 115 Å². The number of nitrogens with one attached hydrogen (secondary N) is 18.